The van der Waals surface area contributed by atoms with Crippen LogP contribution in [0, 0.1) is 0 Å². The third-order valence-corrected chi connectivity index (χ3v) is 1.96. The van der Waals surface area contributed by atoms with E-state index in [0.29, 0.717) is 5.71 Å². The molecule has 0 saturated carbocycles. The van der Waals surface area contributed by atoms with Crippen molar-refractivity contribution >= 4 is 34.2 Å². The first kappa shape index (κ1) is 23.0. The zero-order chi connectivity index (χ0) is 18.3. The minimum atomic E-state index is -4.67. The number of hydrogen-bond acceptors (Lipinski definition) is 6. The highest BCUT2D eigenvalue weighted by molar-refractivity contribution is 7.79. The Labute approximate surface area is 135 Å². The lowest BCUT2D eigenvalue weighted by Crippen LogP contribution is -2.22. The lowest BCUT2D eigenvalue weighted by Gasteiger charge is -1.98. The number of nitrogens with two attached hydrogens (primary N) is 4. The molecule has 0 rings (SSSR count). The lowest BCUT2D eigenvalue weighted by atomic mass is 10.1. The number of unbranched alkanes of at least 4 members (excludes halogenated alkanes) is 3. The summed E-state index contributed by atoms with van der Waals surface area (Å²) in [6, 6.07) is 0. The van der Waals surface area contributed by atoms with Crippen molar-refractivity contribution in [1.82, 2.24) is 0 Å². The molecule has 0 amide bonds. The Morgan fingerprint density at radius 1 is 0.957 bits per heavy atom. The maximum absolute atomic E-state index is 8.74. The monoisotopic (exact) mass is 352 g/mol. The minimum Gasteiger partial charge on any atom is -0.369 e. The van der Waals surface area contributed by atoms with E-state index in [0.717, 1.165) is 19.3 Å². The number of guanidine groups is 2. The molecule has 0 saturated heterocycles. The molecule has 0 unspecified atom stereocenters. The van der Waals surface area contributed by atoms with E-state index >= 15 is 0 Å². The van der Waals surface area contributed by atoms with Crippen molar-refractivity contribution in [2.45, 2.75) is 39.0 Å². The zero-order valence-electron chi connectivity index (χ0n) is 12.8. The summed E-state index contributed by atoms with van der Waals surface area (Å²) in [4.78, 5) is 0. The molecular formula is C10H24N8O4S. The van der Waals surface area contributed by atoms with Gasteiger partial charge >= 0.3 is 10.4 Å². The van der Waals surface area contributed by atoms with Crippen LogP contribution in [0.5, 0.6) is 0 Å². The summed E-state index contributed by atoms with van der Waals surface area (Å²) in [5, 5.41) is 14.6. The van der Waals surface area contributed by atoms with E-state index in [4.69, 9.17) is 40.5 Å². The number of rotatable bonds is 8. The van der Waals surface area contributed by atoms with Crippen LogP contribution in [0.15, 0.2) is 20.4 Å². The van der Waals surface area contributed by atoms with Crippen molar-refractivity contribution in [3.8, 4) is 0 Å². The van der Waals surface area contributed by atoms with Gasteiger partial charge in [-0.2, -0.15) is 18.6 Å². The first-order valence-corrected chi connectivity index (χ1v) is 7.93. The Hall–Kier alpha value is -2.25. The second kappa shape index (κ2) is 13.4. The van der Waals surface area contributed by atoms with Crippen LogP contribution in [0.1, 0.15) is 39.0 Å². The summed E-state index contributed by atoms with van der Waals surface area (Å²) in [6.07, 6.45) is 6.62. The summed E-state index contributed by atoms with van der Waals surface area (Å²) >= 11 is 0. The quantitative estimate of drug-likeness (QED) is 0.106. The van der Waals surface area contributed by atoms with Gasteiger partial charge in [-0.1, -0.05) is 26.2 Å². The largest absolute Gasteiger partial charge is 0.394 e. The molecule has 0 spiro atoms. The van der Waals surface area contributed by atoms with Crippen molar-refractivity contribution in [2.75, 3.05) is 0 Å². The van der Waals surface area contributed by atoms with E-state index in [1.54, 1.807) is 0 Å². The van der Waals surface area contributed by atoms with Crippen molar-refractivity contribution in [3.05, 3.63) is 0 Å². The fourth-order valence-electron chi connectivity index (χ4n) is 1.16. The van der Waals surface area contributed by atoms with Crippen LogP contribution >= 0.6 is 0 Å². The Kier molecular flexibility index (Phi) is 13.4. The second-order valence-electron chi connectivity index (χ2n) is 4.14. The van der Waals surface area contributed by atoms with Gasteiger partial charge in [0.1, 0.15) is 0 Å². The van der Waals surface area contributed by atoms with E-state index in [2.05, 4.69) is 27.3 Å². The van der Waals surface area contributed by atoms with Crippen LogP contribution in [-0.2, 0) is 10.4 Å². The summed E-state index contributed by atoms with van der Waals surface area (Å²) in [5.74, 6) is -0.213. The van der Waals surface area contributed by atoms with E-state index in [-0.39, 0.29) is 11.9 Å². The Balaban J connectivity index is 0. The second-order valence-corrected chi connectivity index (χ2v) is 5.04. The van der Waals surface area contributed by atoms with Crippen molar-refractivity contribution < 1.29 is 17.5 Å². The molecule has 0 heterocycles. The van der Waals surface area contributed by atoms with E-state index in [1.807, 2.05) is 0 Å². The van der Waals surface area contributed by atoms with Gasteiger partial charge in [-0.3, -0.25) is 9.11 Å². The third-order valence-electron chi connectivity index (χ3n) is 1.96. The summed E-state index contributed by atoms with van der Waals surface area (Å²) < 4.78 is 31.6. The van der Waals surface area contributed by atoms with Gasteiger partial charge in [0.25, 0.3) is 0 Å². The molecule has 0 atom stereocenters. The van der Waals surface area contributed by atoms with Crippen molar-refractivity contribution in [2.24, 2.45) is 43.3 Å². The number of hydrogen-bond donors (Lipinski definition) is 6. The highest BCUT2D eigenvalue weighted by atomic mass is 32.3. The van der Waals surface area contributed by atoms with Gasteiger partial charge < -0.3 is 22.9 Å². The lowest BCUT2D eigenvalue weighted by molar-refractivity contribution is 0.381. The SMILES string of the molecule is CCCCCCC(/C=N/N=C(N)N)=N/N=C(N)N.O=S(=O)(O)O. The molecule has 0 aromatic heterocycles. The van der Waals surface area contributed by atoms with Crippen molar-refractivity contribution in [3.63, 3.8) is 0 Å². The number of nitrogens with zero attached hydrogens (tertiary/aromatic N) is 4. The van der Waals surface area contributed by atoms with Crippen LogP contribution < -0.4 is 22.9 Å². The van der Waals surface area contributed by atoms with Crippen LogP contribution in [0.3, 0.4) is 0 Å². The molecule has 0 aliphatic heterocycles. The highest BCUT2D eigenvalue weighted by Crippen LogP contribution is 2.03. The van der Waals surface area contributed by atoms with Crippen LogP contribution in [-0.4, -0.2) is 41.4 Å². The first-order valence-electron chi connectivity index (χ1n) is 6.53. The molecule has 0 aromatic rings. The molecule has 13 heteroatoms. The van der Waals surface area contributed by atoms with Gasteiger partial charge in [-0.15, -0.1) is 10.2 Å². The molecule has 12 nitrogen and oxygen atoms in total. The van der Waals surface area contributed by atoms with E-state index < -0.39 is 10.4 Å². The van der Waals surface area contributed by atoms with Gasteiger partial charge in [-0.25, -0.2) is 0 Å². The fraction of sp³-hybridized carbons (Fsp3) is 0.600. The highest BCUT2D eigenvalue weighted by Gasteiger charge is 1.97. The molecule has 0 bridgehead atoms. The Morgan fingerprint density at radius 3 is 1.91 bits per heavy atom. The predicted octanol–water partition coefficient (Wildman–Crippen LogP) is -0.807. The molecule has 0 aromatic carbocycles. The minimum absolute atomic E-state index is 0.101. The average molecular weight is 352 g/mol. The van der Waals surface area contributed by atoms with Gasteiger partial charge in [0.15, 0.2) is 0 Å². The van der Waals surface area contributed by atoms with E-state index in [9.17, 15) is 0 Å². The topological polar surface area (TPSA) is 228 Å². The fourth-order valence-corrected chi connectivity index (χ4v) is 1.16. The molecular weight excluding hydrogens is 328 g/mol. The van der Waals surface area contributed by atoms with E-state index in [1.165, 1.54) is 19.1 Å². The van der Waals surface area contributed by atoms with Crippen LogP contribution in [0.25, 0.3) is 0 Å². The van der Waals surface area contributed by atoms with Gasteiger partial charge in [0, 0.05) is 0 Å². The molecule has 23 heavy (non-hydrogen) atoms. The Bertz CT molecular complexity index is 525. The predicted molar refractivity (Wildman–Crippen MR) is 90.5 cm³/mol. The maximum Gasteiger partial charge on any atom is 0.394 e. The molecule has 0 aliphatic rings. The summed E-state index contributed by atoms with van der Waals surface area (Å²) in [5.41, 5.74) is 21.3. The third kappa shape index (κ3) is 28.6. The molecule has 0 aliphatic carbocycles. The van der Waals surface area contributed by atoms with Crippen molar-refractivity contribution in [1.29, 1.82) is 0 Å². The molecule has 134 valence electrons. The molecule has 0 radical (unpaired) electrons. The summed E-state index contributed by atoms with van der Waals surface area (Å²) in [7, 11) is -4.67. The Morgan fingerprint density at radius 2 is 1.48 bits per heavy atom. The summed E-state index contributed by atoms with van der Waals surface area (Å²) in [6.45, 7) is 2.15. The maximum atomic E-state index is 8.74. The van der Waals surface area contributed by atoms with Crippen LogP contribution in [0.4, 0.5) is 0 Å². The molecule has 10 N–H and O–H groups in total. The zero-order valence-corrected chi connectivity index (χ0v) is 13.6. The van der Waals surface area contributed by atoms with Gasteiger partial charge in [0.05, 0.1) is 11.9 Å². The standard InChI is InChI=1S/C10H22N8.H2O4S/c1-2-3-4-5-6-8(16-18-10(13)14)7-15-17-9(11)12;1-5(2,3)4/h7H,2-6H2,1H3,(H4,11,12,17)(H4,13,14,18);(H2,1,2,3,4)/b15-7+,16-8-;. The average Bonchev–Trinajstić information content (AvgIpc) is 2.37. The van der Waals surface area contributed by atoms with Gasteiger partial charge in [-0.05, 0) is 12.8 Å². The van der Waals surface area contributed by atoms with Gasteiger partial charge in [0.2, 0.25) is 11.9 Å². The van der Waals surface area contributed by atoms with Crippen LogP contribution in [0.2, 0.25) is 0 Å². The normalized spacial score (nSPS) is 11.5. The molecule has 0 fully saturated rings. The smallest absolute Gasteiger partial charge is 0.369 e. The first-order chi connectivity index (χ1) is 10.6.